The van der Waals surface area contributed by atoms with Crippen molar-refractivity contribution in [2.75, 3.05) is 6.54 Å². The molecule has 124 valence electrons. The van der Waals surface area contributed by atoms with Crippen LogP contribution < -0.4 is 5.73 Å². The molecule has 1 saturated heterocycles. The van der Waals surface area contributed by atoms with Crippen LogP contribution in [0.3, 0.4) is 0 Å². The summed E-state index contributed by atoms with van der Waals surface area (Å²) in [5, 5.41) is 1.21. The molecule has 2 aromatic rings. The van der Waals surface area contributed by atoms with E-state index in [0.29, 0.717) is 12.1 Å². The number of fused-ring (bicyclic) bond motifs is 1. The predicted octanol–water partition coefficient (Wildman–Crippen LogP) is 4.20. The summed E-state index contributed by atoms with van der Waals surface area (Å²) in [5.74, 6) is -0.286. The lowest BCUT2D eigenvalue weighted by molar-refractivity contribution is 0.100. The summed E-state index contributed by atoms with van der Waals surface area (Å²) in [6.07, 6.45) is 6.01. The largest absolute Gasteiger partial charge is 0.365 e. The molecule has 1 aliphatic heterocycles. The lowest BCUT2D eigenvalue weighted by Gasteiger charge is -2.33. The van der Waals surface area contributed by atoms with Gasteiger partial charge in [-0.15, -0.1) is 11.3 Å². The number of hydrogen-bond acceptors (Lipinski definition) is 3. The number of benzene rings is 1. The topological polar surface area (TPSA) is 46.3 Å². The fourth-order valence-corrected chi connectivity index (χ4v) is 4.92. The van der Waals surface area contributed by atoms with Crippen LogP contribution in [-0.4, -0.2) is 29.4 Å². The lowest BCUT2D eigenvalue weighted by Crippen LogP contribution is -2.41. The molecule has 0 bridgehead atoms. The Morgan fingerprint density at radius 1 is 1.30 bits per heavy atom. The van der Waals surface area contributed by atoms with E-state index in [-0.39, 0.29) is 5.91 Å². The first-order valence-electron chi connectivity index (χ1n) is 8.64. The van der Waals surface area contributed by atoms with Crippen LogP contribution in [0.15, 0.2) is 24.3 Å². The highest BCUT2D eigenvalue weighted by Crippen LogP contribution is 2.34. The van der Waals surface area contributed by atoms with Gasteiger partial charge in [-0.3, -0.25) is 9.69 Å². The van der Waals surface area contributed by atoms with E-state index >= 15 is 0 Å². The maximum Gasteiger partial charge on any atom is 0.259 e. The molecule has 1 aromatic heterocycles. The molecular formula is C19H26N2OS. The first-order valence-corrected chi connectivity index (χ1v) is 9.45. The van der Waals surface area contributed by atoms with Gasteiger partial charge in [-0.05, 0) is 56.7 Å². The van der Waals surface area contributed by atoms with Crippen molar-refractivity contribution in [1.29, 1.82) is 0 Å². The molecule has 0 spiro atoms. The number of nitrogens with two attached hydrogens (primary N) is 1. The lowest BCUT2D eigenvalue weighted by atomic mass is 9.97. The summed E-state index contributed by atoms with van der Waals surface area (Å²) in [4.78, 5) is 15.3. The Morgan fingerprint density at radius 3 is 2.83 bits per heavy atom. The second-order valence-electron chi connectivity index (χ2n) is 6.81. The van der Waals surface area contributed by atoms with E-state index in [1.807, 2.05) is 6.07 Å². The van der Waals surface area contributed by atoms with Gasteiger partial charge >= 0.3 is 0 Å². The third-order valence-electron chi connectivity index (χ3n) is 4.95. The summed E-state index contributed by atoms with van der Waals surface area (Å²) in [6, 6.07) is 9.34. The molecule has 1 aromatic carbocycles. The normalized spacial score (nSPS) is 20.0. The Labute approximate surface area is 142 Å². The van der Waals surface area contributed by atoms with Crippen LogP contribution >= 0.6 is 11.3 Å². The van der Waals surface area contributed by atoms with Crippen molar-refractivity contribution in [2.45, 2.75) is 58.0 Å². The second-order valence-corrected chi connectivity index (χ2v) is 7.86. The van der Waals surface area contributed by atoms with Crippen molar-refractivity contribution in [1.82, 2.24) is 4.90 Å². The summed E-state index contributed by atoms with van der Waals surface area (Å²) in [5.41, 5.74) is 6.83. The van der Waals surface area contributed by atoms with Gasteiger partial charge in [0, 0.05) is 16.8 Å². The van der Waals surface area contributed by atoms with E-state index in [9.17, 15) is 4.79 Å². The second kappa shape index (κ2) is 7.02. The summed E-state index contributed by atoms with van der Waals surface area (Å²) in [7, 11) is 0. The van der Waals surface area contributed by atoms with Crippen LogP contribution in [0.25, 0.3) is 10.1 Å². The third kappa shape index (κ3) is 3.43. The highest BCUT2D eigenvalue weighted by molar-refractivity contribution is 7.21. The minimum Gasteiger partial charge on any atom is -0.365 e. The maximum atomic E-state index is 11.9. The Morgan fingerprint density at radius 2 is 2.09 bits per heavy atom. The SMILES string of the molecule is CC(C)N1CCCCC[C@H]1Cc1c(C(N)=O)sc2ccccc12. The smallest absolute Gasteiger partial charge is 0.259 e. The van der Waals surface area contributed by atoms with Gasteiger partial charge in [-0.25, -0.2) is 0 Å². The van der Waals surface area contributed by atoms with Crippen molar-refractivity contribution >= 4 is 27.3 Å². The van der Waals surface area contributed by atoms with Gasteiger partial charge in [-0.2, -0.15) is 0 Å². The zero-order valence-electron chi connectivity index (χ0n) is 14.0. The highest BCUT2D eigenvalue weighted by Gasteiger charge is 2.26. The number of rotatable bonds is 4. The van der Waals surface area contributed by atoms with E-state index in [1.165, 1.54) is 35.8 Å². The molecule has 0 unspecified atom stereocenters. The summed E-state index contributed by atoms with van der Waals surface area (Å²) < 4.78 is 1.17. The van der Waals surface area contributed by atoms with E-state index in [0.717, 1.165) is 23.4 Å². The standard InChI is InChI=1S/C19H26N2OS/c1-13(2)21-11-7-3-4-8-14(21)12-16-15-9-5-6-10-17(15)23-18(16)19(20)22/h5-6,9-10,13-14H,3-4,7-8,11-12H2,1-2H3,(H2,20,22)/t14-/m0/s1. The predicted molar refractivity (Wildman–Crippen MR) is 98.1 cm³/mol. The van der Waals surface area contributed by atoms with Gasteiger partial charge in [0.15, 0.2) is 0 Å². The Kier molecular flexibility index (Phi) is 5.02. The molecule has 0 radical (unpaired) electrons. The maximum absolute atomic E-state index is 11.9. The number of carbonyl (C=O) groups is 1. The number of hydrogen-bond donors (Lipinski definition) is 1. The summed E-state index contributed by atoms with van der Waals surface area (Å²) >= 11 is 1.54. The van der Waals surface area contributed by atoms with Gasteiger partial charge in [0.25, 0.3) is 5.91 Å². The first kappa shape index (κ1) is 16.5. The average Bonchev–Trinajstić information content (AvgIpc) is 2.72. The van der Waals surface area contributed by atoms with Crippen LogP contribution in [0, 0.1) is 0 Å². The molecular weight excluding hydrogens is 304 g/mol. The van der Waals surface area contributed by atoms with Gasteiger partial charge < -0.3 is 5.73 Å². The highest BCUT2D eigenvalue weighted by atomic mass is 32.1. The van der Waals surface area contributed by atoms with Crippen molar-refractivity contribution in [3.05, 3.63) is 34.7 Å². The van der Waals surface area contributed by atoms with Crippen LogP contribution in [0.1, 0.15) is 54.8 Å². The minimum absolute atomic E-state index is 0.286. The molecule has 4 heteroatoms. The Bertz CT molecular complexity index is 692. The number of likely N-dealkylation sites (tertiary alicyclic amines) is 1. The monoisotopic (exact) mass is 330 g/mol. The van der Waals surface area contributed by atoms with Gasteiger partial charge in [-0.1, -0.05) is 31.0 Å². The Hall–Kier alpha value is -1.39. The van der Waals surface area contributed by atoms with Gasteiger partial charge in [0.1, 0.15) is 0 Å². The van der Waals surface area contributed by atoms with Crippen molar-refractivity contribution in [3.63, 3.8) is 0 Å². The van der Waals surface area contributed by atoms with Crippen molar-refractivity contribution in [2.24, 2.45) is 5.73 Å². The Balaban J connectivity index is 1.98. The molecule has 3 rings (SSSR count). The zero-order valence-corrected chi connectivity index (χ0v) is 14.9. The fourth-order valence-electron chi connectivity index (χ4n) is 3.83. The van der Waals surface area contributed by atoms with Crippen LogP contribution in [-0.2, 0) is 6.42 Å². The van der Waals surface area contributed by atoms with Gasteiger partial charge in [0.2, 0.25) is 0 Å². The van der Waals surface area contributed by atoms with Crippen LogP contribution in [0.4, 0.5) is 0 Å². The number of carbonyl (C=O) groups excluding carboxylic acids is 1. The zero-order chi connectivity index (χ0) is 16.4. The van der Waals surface area contributed by atoms with Gasteiger partial charge in [0.05, 0.1) is 4.88 Å². The third-order valence-corrected chi connectivity index (χ3v) is 6.18. The average molecular weight is 330 g/mol. The molecule has 2 heterocycles. The van der Waals surface area contributed by atoms with Crippen molar-refractivity contribution in [3.8, 4) is 0 Å². The first-order chi connectivity index (χ1) is 11.1. The number of thiophene rings is 1. The number of primary amides is 1. The van der Waals surface area contributed by atoms with E-state index in [2.05, 4.69) is 36.9 Å². The van der Waals surface area contributed by atoms with Crippen LogP contribution in [0.2, 0.25) is 0 Å². The van der Waals surface area contributed by atoms with E-state index in [1.54, 1.807) is 11.3 Å². The molecule has 2 N–H and O–H groups in total. The van der Waals surface area contributed by atoms with E-state index in [4.69, 9.17) is 5.73 Å². The van der Waals surface area contributed by atoms with E-state index < -0.39 is 0 Å². The molecule has 0 aliphatic carbocycles. The summed E-state index contributed by atoms with van der Waals surface area (Å²) in [6.45, 7) is 5.72. The fraction of sp³-hybridized carbons (Fsp3) is 0.526. The molecule has 0 saturated carbocycles. The minimum atomic E-state index is -0.286. The molecule has 1 atom stereocenters. The van der Waals surface area contributed by atoms with Crippen molar-refractivity contribution < 1.29 is 4.79 Å². The molecule has 3 nitrogen and oxygen atoms in total. The van der Waals surface area contributed by atoms with Crippen LogP contribution in [0.5, 0.6) is 0 Å². The molecule has 1 amide bonds. The molecule has 1 aliphatic rings. The quantitative estimate of drug-likeness (QED) is 0.913. The number of nitrogens with zero attached hydrogens (tertiary/aromatic N) is 1. The molecule has 1 fully saturated rings. The molecule has 23 heavy (non-hydrogen) atoms. The number of amides is 1.